The maximum absolute atomic E-state index is 6.67. The van der Waals surface area contributed by atoms with Crippen LogP contribution in [0.15, 0.2) is 223 Å². The van der Waals surface area contributed by atoms with Gasteiger partial charge in [0.15, 0.2) is 0 Å². The first-order valence-electron chi connectivity index (χ1n) is 20.2. The van der Waals surface area contributed by atoms with E-state index in [4.69, 9.17) is 4.42 Å². The number of furan rings is 1. The summed E-state index contributed by atoms with van der Waals surface area (Å²) in [6.45, 7) is 0. The summed E-state index contributed by atoms with van der Waals surface area (Å²) < 4.78 is 9.05. The molecule has 2 heterocycles. The van der Waals surface area contributed by atoms with Crippen LogP contribution in [0.4, 0.5) is 17.1 Å². The van der Waals surface area contributed by atoms with E-state index in [1.165, 1.54) is 43.7 Å². The van der Waals surface area contributed by atoms with Crippen molar-refractivity contribution in [2.45, 2.75) is 0 Å². The Morgan fingerprint density at radius 3 is 1.73 bits per heavy atom. The van der Waals surface area contributed by atoms with Crippen LogP contribution < -0.4 is 4.90 Å². The molecule has 12 rings (SSSR count). The second kappa shape index (κ2) is 13.4. The van der Waals surface area contributed by atoms with Crippen LogP contribution in [-0.2, 0) is 0 Å². The van der Waals surface area contributed by atoms with Gasteiger partial charge in [0.1, 0.15) is 11.2 Å². The standard InChI is InChI=1S/C56H36N2O/c1-2-13-40-36-41(25-24-37(40)12-1)38-26-29-42(30-27-38)57(43-31-33-44(34-32-43)58-52-21-8-3-15-45(52)46-16-4-9-22-53(46)58)51-20-7-5-17-47(51)49-19-11-14-39-28-35-50-48-18-6-10-23-54(48)59-56(50)55(39)49/h1-36H. The average molecular weight is 753 g/mol. The Morgan fingerprint density at radius 2 is 0.949 bits per heavy atom. The van der Waals surface area contributed by atoms with E-state index in [0.717, 1.165) is 66.6 Å². The highest BCUT2D eigenvalue weighted by molar-refractivity contribution is 6.19. The monoisotopic (exact) mass is 752 g/mol. The third-order valence-electron chi connectivity index (χ3n) is 12.0. The van der Waals surface area contributed by atoms with Crippen LogP contribution in [0, 0.1) is 0 Å². The number of benzene rings is 10. The zero-order valence-electron chi connectivity index (χ0n) is 32.1. The van der Waals surface area contributed by atoms with E-state index in [1.807, 2.05) is 6.07 Å². The Bertz CT molecular complexity index is 3500. The summed E-state index contributed by atoms with van der Waals surface area (Å²) in [6.07, 6.45) is 0. The normalized spacial score (nSPS) is 11.7. The molecular formula is C56H36N2O. The molecule has 3 heteroatoms. The SMILES string of the molecule is c1ccc(N(c2ccc(-c3ccc4ccccc4c3)cc2)c2ccc(-n3c4ccccc4c4ccccc43)cc2)c(-c2cccc3ccc4c5ccccc5oc4c23)c1. The molecule has 0 spiro atoms. The van der Waals surface area contributed by atoms with Crippen molar-refractivity contribution >= 4 is 82.4 Å². The lowest BCUT2D eigenvalue weighted by molar-refractivity contribution is 0.673. The first kappa shape index (κ1) is 33.3. The number of para-hydroxylation sites is 4. The first-order valence-corrected chi connectivity index (χ1v) is 20.2. The highest BCUT2D eigenvalue weighted by Gasteiger charge is 2.21. The van der Waals surface area contributed by atoms with Gasteiger partial charge in [0.2, 0.25) is 0 Å². The number of hydrogen-bond acceptors (Lipinski definition) is 2. The molecule has 0 aliphatic carbocycles. The molecule has 10 aromatic carbocycles. The van der Waals surface area contributed by atoms with E-state index in [0.29, 0.717) is 0 Å². The zero-order chi connectivity index (χ0) is 38.9. The summed E-state index contributed by atoms with van der Waals surface area (Å²) in [5.74, 6) is 0. The van der Waals surface area contributed by atoms with Gasteiger partial charge in [-0.05, 0) is 106 Å². The van der Waals surface area contributed by atoms with E-state index in [2.05, 4.69) is 222 Å². The van der Waals surface area contributed by atoms with E-state index in [-0.39, 0.29) is 0 Å². The summed E-state index contributed by atoms with van der Waals surface area (Å²) in [6, 6.07) is 78.7. The van der Waals surface area contributed by atoms with Crippen LogP contribution in [0.1, 0.15) is 0 Å². The molecule has 0 bridgehead atoms. The molecule has 0 N–H and O–H groups in total. The maximum Gasteiger partial charge on any atom is 0.143 e. The molecule has 2 aromatic heterocycles. The van der Waals surface area contributed by atoms with E-state index < -0.39 is 0 Å². The van der Waals surface area contributed by atoms with E-state index in [9.17, 15) is 0 Å². The second-order valence-electron chi connectivity index (χ2n) is 15.3. The van der Waals surface area contributed by atoms with Gasteiger partial charge in [-0.2, -0.15) is 0 Å². The largest absolute Gasteiger partial charge is 0.455 e. The lowest BCUT2D eigenvalue weighted by Crippen LogP contribution is -2.11. The molecule has 0 saturated carbocycles. The van der Waals surface area contributed by atoms with E-state index >= 15 is 0 Å². The minimum Gasteiger partial charge on any atom is -0.455 e. The lowest BCUT2D eigenvalue weighted by Gasteiger charge is -2.28. The fraction of sp³-hybridized carbons (Fsp3) is 0. The molecule has 0 saturated heterocycles. The summed E-state index contributed by atoms with van der Waals surface area (Å²) >= 11 is 0. The van der Waals surface area contributed by atoms with Crippen LogP contribution in [0.5, 0.6) is 0 Å². The Kier molecular flexibility index (Phi) is 7.54. The molecule has 0 aliphatic rings. The number of hydrogen-bond donors (Lipinski definition) is 0. The highest BCUT2D eigenvalue weighted by atomic mass is 16.3. The molecule has 0 radical (unpaired) electrons. The van der Waals surface area contributed by atoms with Crippen LogP contribution in [0.3, 0.4) is 0 Å². The topological polar surface area (TPSA) is 21.3 Å². The van der Waals surface area contributed by atoms with Crippen molar-refractivity contribution in [1.82, 2.24) is 4.57 Å². The zero-order valence-corrected chi connectivity index (χ0v) is 32.1. The molecule has 0 aliphatic heterocycles. The molecule has 276 valence electrons. The van der Waals surface area contributed by atoms with Gasteiger partial charge >= 0.3 is 0 Å². The van der Waals surface area contributed by atoms with Crippen LogP contribution in [-0.4, -0.2) is 4.57 Å². The quantitative estimate of drug-likeness (QED) is 0.169. The fourth-order valence-electron chi connectivity index (χ4n) is 9.22. The van der Waals surface area contributed by atoms with Crippen molar-refractivity contribution in [3.63, 3.8) is 0 Å². The molecule has 0 atom stereocenters. The Morgan fingerprint density at radius 1 is 0.373 bits per heavy atom. The number of rotatable bonds is 6. The maximum atomic E-state index is 6.67. The van der Waals surface area contributed by atoms with Crippen molar-refractivity contribution in [3.8, 4) is 27.9 Å². The van der Waals surface area contributed by atoms with Crippen molar-refractivity contribution in [1.29, 1.82) is 0 Å². The highest BCUT2D eigenvalue weighted by Crippen LogP contribution is 2.46. The molecular weight excluding hydrogens is 717 g/mol. The van der Waals surface area contributed by atoms with E-state index in [1.54, 1.807) is 0 Å². The van der Waals surface area contributed by atoms with Gasteiger partial charge in [-0.25, -0.2) is 0 Å². The molecule has 0 unspecified atom stereocenters. The van der Waals surface area contributed by atoms with Gasteiger partial charge in [-0.15, -0.1) is 0 Å². The predicted molar refractivity (Wildman–Crippen MR) is 249 cm³/mol. The number of nitrogens with zero attached hydrogens (tertiary/aromatic N) is 2. The van der Waals surface area contributed by atoms with Crippen LogP contribution in [0.2, 0.25) is 0 Å². The number of aromatic nitrogens is 1. The van der Waals surface area contributed by atoms with Crippen molar-refractivity contribution in [2.75, 3.05) is 4.90 Å². The summed E-state index contributed by atoms with van der Waals surface area (Å²) in [7, 11) is 0. The summed E-state index contributed by atoms with van der Waals surface area (Å²) in [5, 5.41) is 9.50. The second-order valence-corrected chi connectivity index (χ2v) is 15.3. The van der Waals surface area contributed by atoms with Crippen molar-refractivity contribution < 1.29 is 4.42 Å². The predicted octanol–water partition coefficient (Wildman–Crippen LogP) is 15.8. The van der Waals surface area contributed by atoms with Crippen molar-refractivity contribution in [2.24, 2.45) is 0 Å². The first-order chi connectivity index (χ1) is 29.3. The number of anilines is 3. The van der Waals surface area contributed by atoms with Crippen LogP contribution >= 0.6 is 0 Å². The third kappa shape index (κ3) is 5.36. The minimum absolute atomic E-state index is 0.898. The third-order valence-corrected chi connectivity index (χ3v) is 12.0. The molecule has 0 fully saturated rings. The van der Waals surface area contributed by atoms with Gasteiger partial charge < -0.3 is 13.9 Å². The lowest BCUT2D eigenvalue weighted by atomic mass is 9.94. The minimum atomic E-state index is 0.898. The van der Waals surface area contributed by atoms with Gasteiger partial charge in [0.25, 0.3) is 0 Å². The Hall–Kier alpha value is -7.88. The molecule has 12 aromatic rings. The smallest absolute Gasteiger partial charge is 0.143 e. The van der Waals surface area contributed by atoms with Crippen molar-refractivity contribution in [3.05, 3.63) is 218 Å². The summed E-state index contributed by atoms with van der Waals surface area (Å²) in [5.41, 5.74) is 13.2. The summed E-state index contributed by atoms with van der Waals surface area (Å²) in [4.78, 5) is 2.40. The van der Waals surface area contributed by atoms with Gasteiger partial charge in [-0.1, -0.05) is 146 Å². The van der Waals surface area contributed by atoms with Gasteiger partial charge in [0, 0.05) is 49.6 Å². The molecule has 59 heavy (non-hydrogen) atoms. The average Bonchev–Trinajstić information content (AvgIpc) is 3.86. The fourth-order valence-corrected chi connectivity index (χ4v) is 9.22. The Labute approximate surface area is 341 Å². The molecule has 0 amide bonds. The molecule has 3 nitrogen and oxygen atoms in total. The number of fused-ring (bicyclic) bond motifs is 9. The van der Waals surface area contributed by atoms with Crippen LogP contribution in [0.25, 0.3) is 93.2 Å². The van der Waals surface area contributed by atoms with Gasteiger partial charge in [0.05, 0.1) is 16.7 Å². The Balaban J connectivity index is 1.05. The van der Waals surface area contributed by atoms with Gasteiger partial charge in [-0.3, -0.25) is 0 Å².